The topological polar surface area (TPSA) is 100 Å². The largest absolute Gasteiger partial charge is 0.565 e. The Kier molecular flexibility index (Phi) is 8.32. The first kappa shape index (κ1) is 23.1. The molecule has 9 heteroatoms. The first-order valence-corrected chi connectivity index (χ1v) is 9.37. The lowest BCUT2D eigenvalue weighted by molar-refractivity contribution is -0.677. The Morgan fingerprint density at radius 2 is 1.39 bits per heavy atom. The van der Waals surface area contributed by atoms with Gasteiger partial charge in [0, 0.05) is 39.6 Å². The van der Waals surface area contributed by atoms with Gasteiger partial charge in [-0.15, -0.1) is 9.35 Å². The average molecular weight is 422 g/mol. The monoisotopic (exact) mass is 422 g/mol. The zero-order chi connectivity index (χ0) is 22.8. The molecule has 0 aliphatic rings. The smallest absolute Gasteiger partial charge is 0.295 e. The molecular weight excluding hydrogens is 396 g/mol. The van der Waals surface area contributed by atoms with Gasteiger partial charge in [-0.25, -0.2) is 0 Å². The number of benzene rings is 2. The summed E-state index contributed by atoms with van der Waals surface area (Å²) in [6.45, 7) is 0. The maximum atomic E-state index is 8.44. The number of nitrogens with zero attached hydrogens (tertiary/aromatic N) is 6. The number of hydrogen-bond donors (Lipinski definition) is 1. The van der Waals surface area contributed by atoms with Gasteiger partial charge in [-0.1, -0.05) is 34.5 Å². The number of anilines is 2. The van der Waals surface area contributed by atoms with Crippen LogP contribution in [0.5, 0.6) is 0 Å². The molecular formula is C22H26N6O3. The summed E-state index contributed by atoms with van der Waals surface area (Å²) in [5.74, 6) is 0. The molecule has 2 aromatic carbocycles. The zero-order valence-corrected chi connectivity index (χ0v) is 18.0. The molecule has 1 N–H and O–H groups in total. The van der Waals surface area contributed by atoms with Crippen molar-refractivity contribution in [3.05, 3.63) is 78.4 Å². The fourth-order valence-corrected chi connectivity index (χ4v) is 2.46. The summed E-state index contributed by atoms with van der Waals surface area (Å²) >= 11 is 0. The Labute approximate surface area is 181 Å². The van der Waals surface area contributed by atoms with Crippen molar-refractivity contribution in [1.82, 2.24) is 4.68 Å². The lowest BCUT2D eigenvalue weighted by atomic mass is 10.2. The standard InChI is InChI=1S/C21H25N6.CH2O3/c1-24(2)20-9-5-18(6-10-20)15-22-26-13-14-27(17-26)23-16-19-7-11-21(12-8-19)25(3)4;2-1(3)4/h5-17H,1-4H3;(H2,2,3,4)/q+1;/p-1. The van der Waals surface area contributed by atoms with Gasteiger partial charge in [0.25, 0.3) is 6.33 Å². The van der Waals surface area contributed by atoms with E-state index in [9.17, 15) is 0 Å². The molecule has 1 heterocycles. The van der Waals surface area contributed by atoms with E-state index in [-0.39, 0.29) is 0 Å². The van der Waals surface area contributed by atoms with Gasteiger partial charge in [0.05, 0.1) is 12.4 Å². The van der Waals surface area contributed by atoms with Crippen molar-refractivity contribution >= 4 is 30.0 Å². The van der Waals surface area contributed by atoms with Crippen LogP contribution in [0.3, 0.4) is 0 Å². The van der Waals surface area contributed by atoms with Gasteiger partial charge in [-0.2, -0.15) is 0 Å². The van der Waals surface area contributed by atoms with Crippen molar-refractivity contribution in [2.75, 3.05) is 38.0 Å². The van der Waals surface area contributed by atoms with E-state index in [0.717, 1.165) is 11.1 Å². The predicted octanol–water partition coefficient (Wildman–Crippen LogP) is 1.56. The molecule has 0 unspecified atom stereocenters. The molecule has 0 aliphatic carbocycles. The van der Waals surface area contributed by atoms with Crippen LogP contribution in [0.1, 0.15) is 11.1 Å². The van der Waals surface area contributed by atoms with Crippen molar-refractivity contribution in [3.8, 4) is 0 Å². The molecule has 0 fully saturated rings. The first-order valence-electron chi connectivity index (χ1n) is 9.37. The van der Waals surface area contributed by atoms with Crippen LogP contribution >= 0.6 is 0 Å². The number of aromatic nitrogens is 2. The number of hydrogen-bond acceptors (Lipinski definition) is 6. The highest BCUT2D eigenvalue weighted by atomic mass is 16.6. The zero-order valence-electron chi connectivity index (χ0n) is 18.0. The van der Waals surface area contributed by atoms with Gasteiger partial charge in [-0.05, 0) is 35.4 Å². The summed E-state index contributed by atoms with van der Waals surface area (Å²) in [5, 5.41) is 24.2. The summed E-state index contributed by atoms with van der Waals surface area (Å²) in [6, 6.07) is 16.5. The van der Waals surface area contributed by atoms with Gasteiger partial charge in [0.2, 0.25) is 6.16 Å². The van der Waals surface area contributed by atoms with Gasteiger partial charge < -0.3 is 24.8 Å². The Bertz CT molecular complexity index is 942. The van der Waals surface area contributed by atoms with Crippen LogP contribution < -0.4 is 19.6 Å². The second kappa shape index (κ2) is 11.1. The van der Waals surface area contributed by atoms with E-state index in [1.54, 1.807) is 9.35 Å². The highest BCUT2D eigenvalue weighted by Crippen LogP contribution is 2.11. The lowest BCUT2D eigenvalue weighted by Gasteiger charge is -2.11. The SMILES string of the molecule is CN(C)c1ccc(C=Nn2cc[n+](N=Cc3ccc(N(C)C)cc3)c2)cc1.O=C([O-])O. The van der Waals surface area contributed by atoms with Gasteiger partial charge in [0.1, 0.15) is 0 Å². The molecule has 0 saturated carbocycles. The van der Waals surface area contributed by atoms with Crippen molar-refractivity contribution in [2.24, 2.45) is 10.2 Å². The van der Waals surface area contributed by atoms with E-state index in [2.05, 4.69) is 44.3 Å². The summed E-state index contributed by atoms with van der Waals surface area (Å²) < 4.78 is 3.46. The maximum Gasteiger partial charge on any atom is 0.295 e. The maximum absolute atomic E-state index is 8.44. The summed E-state index contributed by atoms with van der Waals surface area (Å²) in [6.07, 6.45) is 7.10. The Morgan fingerprint density at radius 1 is 0.935 bits per heavy atom. The molecule has 0 amide bonds. The minimum atomic E-state index is -2.08. The number of rotatable bonds is 6. The molecule has 1 aromatic heterocycles. The van der Waals surface area contributed by atoms with E-state index < -0.39 is 6.16 Å². The van der Waals surface area contributed by atoms with Crippen LogP contribution in [0.25, 0.3) is 0 Å². The highest BCUT2D eigenvalue weighted by molar-refractivity contribution is 5.80. The Morgan fingerprint density at radius 3 is 1.84 bits per heavy atom. The summed E-state index contributed by atoms with van der Waals surface area (Å²) in [7, 11) is 8.11. The minimum absolute atomic E-state index is 1.05. The second-order valence-electron chi connectivity index (χ2n) is 6.90. The molecule has 0 bridgehead atoms. The fraction of sp³-hybridized carbons (Fsp3) is 0.182. The molecule has 0 spiro atoms. The van der Waals surface area contributed by atoms with Crippen molar-refractivity contribution in [3.63, 3.8) is 0 Å². The second-order valence-corrected chi connectivity index (χ2v) is 6.90. The Hall–Kier alpha value is -4.14. The number of carbonyl (C=O) groups is 1. The molecule has 0 saturated heterocycles. The van der Waals surface area contributed by atoms with E-state index in [1.165, 1.54) is 11.4 Å². The minimum Gasteiger partial charge on any atom is -0.565 e. The van der Waals surface area contributed by atoms with E-state index >= 15 is 0 Å². The third-order valence-corrected chi connectivity index (χ3v) is 4.11. The molecule has 3 aromatic rings. The number of imidazole rings is 1. The van der Waals surface area contributed by atoms with Crippen molar-refractivity contribution < 1.29 is 19.7 Å². The average Bonchev–Trinajstić information content (AvgIpc) is 3.19. The molecule has 0 radical (unpaired) electrons. The van der Waals surface area contributed by atoms with E-state index in [1.807, 2.05) is 83.6 Å². The van der Waals surface area contributed by atoms with E-state index in [0.29, 0.717) is 0 Å². The number of carboxylic acid groups (broad SMARTS) is 2. The van der Waals surface area contributed by atoms with E-state index in [4.69, 9.17) is 15.0 Å². The molecule has 0 aliphatic heterocycles. The molecule has 0 atom stereocenters. The van der Waals surface area contributed by atoms with Crippen LogP contribution in [0.2, 0.25) is 0 Å². The van der Waals surface area contributed by atoms with Crippen molar-refractivity contribution in [2.45, 2.75) is 0 Å². The van der Waals surface area contributed by atoms with Gasteiger partial charge >= 0.3 is 0 Å². The van der Waals surface area contributed by atoms with Crippen LogP contribution in [-0.2, 0) is 0 Å². The third-order valence-electron chi connectivity index (χ3n) is 4.11. The van der Waals surface area contributed by atoms with Gasteiger partial charge in [-0.3, -0.25) is 0 Å². The van der Waals surface area contributed by atoms with Crippen LogP contribution in [0, 0.1) is 0 Å². The molecule has 3 rings (SSSR count). The summed E-state index contributed by atoms with van der Waals surface area (Å²) in [4.78, 5) is 12.6. The lowest BCUT2D eigenvalue weighted by Crippen LogP contribution is -2.23. The molecule has 162 valence electrons. The van der Waals surface area contributed by atoms with Crippen LogP contribution in [0.15, 0.2) is 77.5 Å². The Balaban J connectivity index is 0.000000785. The van der Waals surface area contributed by atoms with Crippen LogP contribution in [0.4, 0.5) is 16.2 Å². The first-order chi connectivity index (χ1) is 14.7. The normalized spacial score (nSPS) is 10.7. The van der Waals surface area contributed by atoms with Crippen LogP contribution in [-0.4, -0.2) is 56.6 Å². The summed E-state index contributed by atoms with van der Waals surface area (Å²) in [5.41, 5.74) is 4.42. The third kappa shape index (κ3) is 8.01. The molecule has 31 heavy (non-hydrogen) atoms. The quantitative estimate of drug-likeness (QED) is 0.480. The predicted molar refractivity (Wildman–Crippen MR) is 120 cm³/mol. The van der Waals surface area contributed by atoms with Gasteiger partial charge in [0.15, 0.2) is 12.4 Å². The fourth-order valence-electron chi connectivity index (χ4n) is 2.46. The molecule has 9 nitrogen and oxygen atoms in total. The highest BCUT2D eigenvalue weighted by Gasteiger charge is 2.01. The van der Waals surface area contributed by atoms with Crippen molar-refractivity contribution in [1.29, 1.82) is 0 Å².